The number of ether oxygens (including phenoxy) is 2. The average Bonchev–Trinajstić information content (AvgIpc) is 1.79. The molecule has 788 valence electrons. The number of unbranched alkanes of at least 4 members (excludes halogenated alkanes) is 1. The number of nitrogens with two attached hydrogens (primary N) is 4. The van der Waals surface area contributed by atoms with Crippen LogP contribution < -0.4 is 107 Å². The fourth-order valence-electron chi connectivity index (χ4n) is 16.4. The van der Waals surface area contributed by atoms with Gasteiger partial charge in [0.15, 0.2) is 5.96 Å². The topological polar surface area (TPSA) is 728 Å². The molecule has 0 unspecified atom stereocenters. The highest BCUT2D eigenvalue weighted by atomic mass is 33.1. The van der Waals surface area contributed by atoms with Crippen molar-refractivity contribution in [3.05, 3.63) is 132 Å². The number of ketones is 1. The Bertz CT molecular complexity index is 5690. The molecule has 2 fully saturated rings. The lowest BCUT2D eigenvalue weighted by atomic mass is 9.87. The number of imidazole rings is 1. The van der Waals surface area contributed by atoms with E-state index in [9.17, 15) is 63.0 Å². The van der Waals surface area contributed by atoms with Crippen molar-refractivity contribution in [2.75, 3.05) is 53.0 Å². The van der Waals surface area contributed by atoms with E-state index < -0.39 is 250 Å². The van der Waals surface area contributed by atoms with E-state index in [1.165, 1.54) is 61.1 Å². The van der Waals surface area contributed by atoms with Crippen molar-refractivity contribution in [2.45, 2.75) is 252 Å². The lowest BCUT2D eigenvalue weighted by Crippen LogP contribution is -2.67. The van der Waals surface area contributed by atoms with Crippen LogP contribution in [0.3, 0.4) is 0 Å². The summed E-state index contributed by atoms with van der Waals surface area (Å²) in [6, 6.07) is 2.09. The highest BCUT2D eigenvalue weighted by molar-refractivity contribution is 8.77. The monoisotopic (exact) mass is 2050 g/mol. The molecule has 27 N–H and O–H groups in total. The van der Waals surface area contributed by atoms with Gasteiger partial charge in [0.05, 0.1) is 31.8 Å². The minimum absolute atomic E-state index is 0.0276. The van der Waals surface area contributed by atoms with Crippen molar-refractivity contribution in [1.82, 2.24) is 99.2 Å². The molecule has 8 rings (SSSR count). The summed E-state index contributed by atoms with van der Waals surface area (Å²) in [6.45, 7) is 11.8. The Kier molecular flexibility index (Phi) is 43.5. The van der Waals surface area contributed by atoms with Crippen LogP contribution in [0.2, 0.25) is 0 Å². The first-order valence-corrected chi connectivity index (χ1v) is 49.4. The molecule has 13 atom stereocenters. The number of guanidine groups is 1. The zero-order valence-corrected chi connectivity index (χ0v) is 84.4. The second-order valence-electron chi connectivity index (χ2n) is 37.1. The molecular weight excluding hydrogens is 1920 g/mol. The lowest BCUT2D eigenvalue weighted by Gasteiger charge is -2.39. The molecule has 0 radical (unpaired) electrons. The molecule has 145 heavy (non-hydrogen) atoms. The average molecular weight is 2060 g/mol. The number of aliphatic hydroxyl groups excluding tert-OH is 1. The van der Waals surface area contributed by atoms with E-state index in [0.29, 0.717) is 44.4 Å². The van der Waals surface area contributed by atoms with E-state index in [0.717, 1.165) is 51.3 Å². The van der Waals surface area contributed by atoms with Gasteiger partial charge in [-0.25, -0.2) is 4.98 Å². The summed E-state index contributed by atoms with van der Waals surface area (Å²) in [5, 5.41) is 70.9. The summed E-state index contributed by atoms with van der Waals surface area (Å²) in [7, 11) is 4.54. The highest BCUT2D eigenvalue weighted by Gasteiger charge is 2.49. The van der Waals surface area contributed by atoms with Crippen molar-refractivity contribution in [3.8, 4) is 5.75 Å². The molecule has 0 bridgehead atoms. The molecule has 47 nitrogen and oxygen atoms in total. The second-order valence-corrected chi connectivity index (χ2v) is 40.5. The van der Waals surface area contributed by atoms with Crippen LogP contribution in [0.25, 0.3) is 21.7 Å². The third-order valence-corrected chi connectivity index (χ3v) is 28.5. The van der Waals surface area contributed by atoms with Crippen LogP contribution in [0.4, 0.5) is 0 Å². The first-order chi connectivity index (χ1) is 68.5. The van der Waals surface area contributed by atoms with Crippen molar-refractivity contribution in [2.24, 2.45) is 30.0 Å². The summed E-state index contributed by atoms with van der Waals surface area (Å²) in [5.41, 5.74) is 23.7. The number of aryl methyl sites for hydroxylation is 2. The SMILES string of the molecule is CC(=O)CN(C)C(=O)[C@H](Cc1cncn1C)NC(=O)[C@H](CC(N)=O)NC(=O)[C@H](CCC(=O)O)NC(=O)C1(NC(=O)[C@H](Cc2ccc3ccccc3c2)NC(=O)[C@H](Cc2ccc(OCCN)cc2)NC(=O)[C@H]2NC(=O)[C@H](CCCCNC(C)=O)NC(=O)[C@H](Cc3c[nH]c4c(C)cccc34)NC(=O)[C@H]([C@@H](C)O)NC(=O)[C@H](CC(N)=O)NC(=O)[C@@H](NC(=O)[C@@H](CCCNC(=N)N)NC(C)=O)C(C)(C)SSC2(C)C)CCOCC1. The van der Waals surface area contributed by atoms with Crippen molar-refractivity contribution in [1.29, 1.82) is 5.41 Å². The Labute approximate surface area is 845 Å². The largest absolute Gasteiger partial charge is 0.492 e. The second kappa shape index (κ2) is 54.4. The van der Waals surface area contributed by atoms with E-state index in [2.05, 4.69) is 89.7 Å². The van der Waals surface area contributed by atoms with E-state index in [4.69, 9.17) is 37.8 Å². The molecule has 17 amide bonds. The number of nitrogens with zero attached hydrogens (tertiary/aromatic N) is 3. The van der Waals surface area contributed by atoms with E-state index in [1.54, 1.807) is 90.6 Å². The van der Waals surface area contributed by atoms with Crippen LogP contribution in [0, 0.1) is 12.3 Å². The fourth-order valence-corrected chi connectivity index (χ4v) is 19.2. The number of likely N-dealkylation sites (N-methyl/N-ethyl adjacent to an activating group) is 1. The number of hydrogen-bond donors (Lipinski definition) is 23. The van der Waals surface area contributed by atoms with Gasteiger partial charge in [0.25, 0.3) is 0 Å². The summed E-state index contributed by atoms with van der Waals surface area (Å²) in [5.74, 6) is -19.9. The van der Waals surface area contributed by atoms with E-state index >= 15 is 38.4 Å². The number of fused-ring (bicyclic) bond motifs is 2. The number of nitrogens with one attached hydrogen (secondary N) is 17. The number of rotatable bonds is 46. The number of carbonyl (C=O) groups is 19. The maximum Gasteiger partial charge on any atom is 0.303 e. The first kappa shape index (κ1) is 116. The standard InChI is InChI=1S/C96H134N24O23S2/c1-51-18-16-21-63-60(47-105-76(51)63)43-69-84(133)107-65(22-14-15-35-103-54(4)123)82(131)117-78(94(6,7)144-145-95(8,9)79(116-81(130)64(106-55(5)124)23-17-36-104-93(100)101)90(139)112-71(46-74(99)126)86(135)115-77(53(3)122)88(137)110-69)89(138)111-67(41-56-25-28-62(29-26-56)143-39-34-97)83(132)108-68(42-57-24-27-58-19-12-13-20-59(58)40-57)87(136)118-96(32-37-142-38-33-96)92(141)114-66(30-31-75(127)128)80(129)109-70(45-73(98)125)85(134)113-72(44-61-48-102-50-120(61)11)91(140)119(10)49-52(2)121/h12-13,16,18-21,24-29,40,47-48,50,53,64-72,77-79,105,122H,14-15,17,22-23,30-39,41-46,49,97H2,1-11H3,(H2,98,125)(H2,99,126)(H,103,123)(H,106,124)(H,107,133)(H,108,132)(H,109,129)(H,110,137)(H,111,138)(H,112,139)(H,113,134)(H,114,141)(H,115,135)(H,116,130)(H,117,131)(H,118,136)(H,127,128)(H4,100,101,104)/t53-,64-,65+,66+,67+,68+,69+,70+,71+,72+,77+,78-,79-/m1/s1. The Morgan fingerprint density at radius 1 is 0.634 bits per heavy atom. The lowest BCUT2D eigenvalue weighted by molar-refractivity contribution is -0.142. The van der Waals surface area contributed by atoms with E-state index in [-0.39, 0.29) is 104 Å². The minimum Gasteiger partial charge on any atom is -0.492 e. The number of H-pyrrole nitrogens is 1. The van der Waals surface area contributed by atoms with Crippen LogP contribution in [0.1, 0.15) is 154 Å². The summed E-state index contributed by atoms with van der Waals surface area (Å²) in [6.07, 6.45) is -3.11. The third kappa shape index (κ3) is 35.3. The Morgan fingerprint density at radius 3 is 1.88 bits per heavy atom. The summed E-state index contributed by atoms with van der Waals surface area (Å²) < 4.78 is 9.54. The number of aliphatic hydroxyl groups is 1. The number of benzene rings is 4. The number of amides is 17. The predicted molar refractivity (Wildman–Crippen MR) is 535 cm³/mol. The van der Waals surface area contributed by atoms with Gasteiger partial charge in [-0.15, -0.1) is 0 Å². The molecule has 4 aromatic carbocycles. The van der Waals surface area contributed by atoms with Gasteiger partial charge in [-0.2, -0.15) is 0 Å². The van der Waals surface area contributed by atoms with Gasteiger partial charge in [0.2, 0.25) is 100 Å². The molecule has 4 heterocycles. The third-order valence-electron chi connectivity index (χ3n) is 24.2. The highest BCUT2D eigenvalue weighted by Crippen LogP contribution is 2.47. The normalized spacial score (nSPS) is 19.1. The van der Waals surface area contributed by atoms with Crippen molar-refractivity contribution < 1.29 is 111 Å². The van der Waals surface area contributed by atoms with Crippen molar-refractivity contribution >= 4 is 161 Å². The maximum atomic E-state index is 16.6. The van der Waals surface area contributed by atoms with Crippen molar-refractivity contribution in [3.63, 3.8) is 0 Å². The van der Waals surface area contributed by atoms with Crippen LogP contribution >= 0.6 is 21.6 Å². The van der Waals surface area contributed by atoms with E-state index in [1.807, 2.05) is 19.1 Å². The van der Waals surface area contributed by atoms with Crippen LogP contribution in [0.5, 0.6) is 5.75 Å². The number of para-hydroxylation sites is 1. The zero-order chi connectivity index (χ0) is 107. The number of aromatic amines is 1. The van der Waals surface area contributed by atoms with Crippen LogP contribution in [-0.2, 0) is 129 Å². The molecule has 2 aromatic heterocycles. The fraction of sp³-hybridized carbons (Fsp3) is 0.510. The summed E-state index contributed by atoms with van der Waals surface area (Å²) >= 11 is 0. The quantitative estimate of drug-likeness (QED) is 0.00786. The summed E-state index contributed by atoms with van der Waals surface area (Å²) in [4.78, 5) is 284. The minimum atomic E-state index is -2.13. The number of aromatic nitrogens is 3. The molecule has 0 saturated carbocycles. The molecule has 49 heteroatoms. The molecular formula is C96H134N24O23S2. The maximum absolute atomic E-state index is 16.6. The van der Waals surface area contributed by atoms with Gasteiger partial charge >= 0.3 is 5.97 Å². The number of aliphatic carboxylic acids is 1. The Hall–Kier alpha value is -14.3. The Balaban J connectivity index is 1.26. The number of Topliss-reactive ketones (excluding diaryl/α,β-unsaturated/α-hetero) is 1. The Morgan fingerprint density at radius 2 is 1.24 bits per heavy atom. The molecule has 0 spiro atoms. The predicted octanol–water partition coefficient (Wildman–Crippen LogP) is -2.96. The number of hydrogen-bond acceptors (Lipinski definition) is 27. The molecule has 2 aliphatic rings. The van der Waals surface area contributed by atoms with Gasteiger partial charge in [0.1, 0.15) is 96.2 Å². The smallest absolute Gasteiger partial charge is 0.303 e. The van der Waals surface area contributed by atoms with Crippen LogP contribution in [0.15, 0.2) is 104 Å². The number of primary amides is 2. The number of carboxylic acids is 1. The number of carbonyl (C=O) groups excluding carboxylic acids is 18. The molecule has 6 aromatic rings. The zero-order valence-electron chi connectivity index (χ0n) is 82.8. The first-order valence-electron chi connectivity index (χ1n) is 47.3. The van der Waals surface area contributed by atoms with Gasteiger partial charge in [-0.05, 0) is 132 Å². The van der Waals surface area contributed by atoms with Gasteiger partial charge in [0, 0.05) is 144 Å². The van der Waals surface area contributed by atoms with Crippen LogP contribution in [-0.4, -0.2) is 294 Å². The van der Waals surface area contributed by atoms with Gasteiger partial charge in [-0.1, -0.05) is 94.4 Å². The molecule has 2 aliphatic heterocycles. The molecule has 2 saturated heterocycles. The van der Waals surface area contributed by atoms with Gasteiger partial charge < -0.3 is 137 Å². The van der Waals surface area contributed by atoms with Gasteiger partial charge in [-0.3, -0.25) is 96.5 Å². The number of carboxylic acid groups (broad SMARTS) is 1. The molecule has 0 aliphatic carbocycles.